The highest BCUT2D eigenvalue weighted by atomic mass is 16.5. The molecule has 3 aromatic rings. The Labute approximate surface area is 195 Å². The van der Waals surface area contributed by atoms with Crippen molar-refractivity contribution in [1.82, 2.24) is 5.16 Å². The minimum atomic E-state index is -0.452. The molecule has 5 heteroatoms. The van der Waals surface area contributed by atoms with Gasteiger partial charge in [0.05, 0.1) is 17.7 Å². The highest BCUT2D eigenvalue weighted by Gasteiger charge is 2.52. The number of nitrogens with zero attached hydrogens (tertiary/aromatic N) is 1. The van der Waals surface area contributed by atoms with E-state index in [-0.39, 0.29) is 11.8 Å². The van der Waals surface area contributed by atoms with Gasteiger partial charge in [0.25, 0.3) is 0 Å². The van der Waals surface area contributed by atoms with Crippen molar-refractivity contribution in [2.45, 2.75) is 58.8 Å². The SMILES string of the molecule is CCOC(=O)C1(c2ccc(-c3ccc(-c4onc(C)c4CC(=O)CC(C)C)cc3)cc2)CC1. The molecule has 5 nitrogen and oxygen atoms in total. The van der Waals surface area contributed by atoms with E-state index in [0.717, 1.165) is 46.4 Å². The van der Waals surface area contributed by atoms with Gasteiger partial charge in [0.2, 0.25) is 0 Å². The summed E-state index contributed by atoms with van der Waals surface area (Å²) in [5.41, 5.74) is 5.25. The standard InChI is InChI=1S/C28H31NO4/c1-5-32-27(31)28(14-15-28)23-12-10-21(11-13-23)20-6-8-22(9-7-20)26-25(19(4)29-33-26)17-24(30)16-18(2)3/h6-13,18H,5,14-17H2,1-4H3. The molecule has 4 rings (SSSR count). The number of hydrogen-bond donors (Lipinski definition) is 0. The van der Waals surface area contributed by atoms with Gasteiger partial charge < -0.3 is 9.26 Å². The lowest BCUT2D eigenvalue weighted by atomic mass is 9.93. The molecule has 1 saturated carbocycles. The molecule has 0 aliphatic heterocycles. The Morgan fingerprint density at radius 1 is 1.00 bits per heavy atom. The lowest BCUT2D eigenvalue weighted by Crippen LogP contribution is -2.23. The maximum atomic E-state index is 12.4. The molecule has 1 aliphatic carbocycles. The van der Waals surface area contributed by atoms with Crippen molar-refractivity contribution in [3.05, 3.63) is 65.4 Å². The van der Waals surface area contributed by atoms with Crippen LogP contribution in [0, 0.1) is 12.8 Å². The van der Waals surface area contributed by atoms with Crippen LogP contribution >= 0.6 is 0 Å². The van der Waals surface area contributed by atoms with Gasteiger partial charge in [-0.2, -0.15) is 0 Å². The number of carbonyl (C=O) groups excluding carboxylic acids is 2. The molecule has 33 heavy (non-hydrogen) atoms. The number of aryl methyl sites for hydroxylation is 1. The maximum absolute atomic E-state index is 12.4. The van der Waals surface area contributed by atoms with E-state index in [0.29, 0.717) is 31.1 Å². The van der Waals surface area contributed by atoms with E-state index >= 15 is 0 Å². The molecule has 1 aromatic heterocycles. The predicted molar refractivity (Wildman–Crippen MR) is 128 cm³/mol. The van der Waals surface area contributed by atoms with Gasteiger partial charge in [-0.3, -0.25) is 9.59 Å². The van der Waals surface area contributed by atoms with Crippen LogP contribution in [0.15, 0.2) is 53.1 Å². The first kappa shape index (κ1) is 23.0. The van der Waals surface area contributed by atoms with E-state index in [1.165, 1.54) is 0 Å². The average molecular weight is 446 g/mol. The Kier molecular flexibility index (Phi) is 6.50. The van der Waals surface area contributed by atoms with Gasteiger partial charge in [0.1, 0.15) is 5.78 Å². The maximum Gasteiger partial charge on any atom is 0.316 e. The molecular weight excluding hydrogens is 414 g/mol. The van der Waals surface area contributed by atoms with Gasteiger partial charge in [-0.15, -0.1) is 0 Å². The molecule has 1 aliphatic rings. The minimum absolute atomic E-state index is 0.118. The van der Waals surface area contributed by atoms with Crippen LogP contribution in [0.5, 0.6) is 0 Å². The molecule has 2 aromatic carbocycles. The Hall–Kier alpha value is -3.21. The first-order chi connectivity index (χ1) is 15.8. The van der Waals surface area contributed by atoms with Gasteiger partial charge in [0.15, 0.2) is 5.76 Å². The third-order valence-electron chi connectivity index (χ3n) is 6.33. The second-order valence-corrected chi connectivity index (χ2v) is 9.35. The molecule has 0 amide bonds. The van der Waals surface area contributed by atoms with Crippen LogP contribution in [-0.4, -0.2) is 23.5 Å². The van der Waals surface area contributed by atoms with Crippen molar-refractivity contribution in [3.63, 3.8) is 0 Å². The number of hydrogen-bond acceptors (Lipinski definition) is 5. The summed E-state index contributed by atoms with van der Waals surface area (Å²) in [6.45, 7) is 8.22. The monoisotopic (exact) mass is 445 g/mol. The highest BCUT2D eigenvalue weighted by Crippen LogP contribution is 2.49. The van der Waals surface area contributed by atoms with Crippen molar-refractivity contribution < 1.29 is 18.8 Å². The Bertz CT molecular complexity index is 1140. The second kappa shape index (κ2) is 9.34. The first-order valence-electron chi connectivity index (χ1n) is 11.7. The molecular formula is C28H31NO4. The Morgan fingerprint density at radius 2 is 1.58 bits per heavy atom. The third kappa shape index (κ3) is 4.77. The first-order valence-corrected chi connectivity index (χ1v) is 11.7. The zero-order chi connectivity index (χ0) is 23.6. The minimum Gasteiger partial charge on any atom is -0.465 e. The number of carbonyl (C=O) groups is 2. The summed E-state index contributed by atoms with van der Waals surface area (Å²) >= 11 is 0. The zero-order valence-corrected chi connectivity index (χ0v) is 19.8. The highest BCUT2D eigenvalue weighted by molar-refractivity contribution is 5.87. The summed E-state index contributed by atoms with van der Waals surface area (Å²) in [4.78, 5) is 24.7. The number of aromatic nitrogens is 1. The van der Waals surface area contributed by atoms with Gasteiger partial charge in [-0.1, -0.05) is 67.5 Å². The number of benzene rings is 2. The number of esters is 1. The molecule has 1 fully saturated rings. The van der Waals surface area contributed by atoms with Gasteiger partial charge in [-0.25, -0.2) is 0 Å². The van der Waals surface area contributed by atoms with E-state index in [1.54, 1.807) is 0 Å². The number of rotatable bonds is 9. The molecule has 0 N–H and O–H groups in total. The van der Waals surface area contributed by atoms with Crippen molar-refractivity contribution in [2.24, 2.45) is 5.92 Å². The summed E-state index contributed by atoms with van der Waals surface area (Å²) in [6, 6.07) is 16.3. The normalized spacial score (nSPS) is 14.3. The zero-order valence-electron chi connectivity index (χ0n) is 19.8. The van der Waals surface area contributed by atoms with Crippen LogP contribution < -0.4 is 0 Å². The number of ketones is 1. The molecule has 0 saturated heterocycles. The average Bonchev–Trinajstić information content (AvgIpc) is 3.53. The fourth-order valence-electron chi connectivity index (χ4n) is 4.35. The van der Waals surface area contributed by atoms with Crippen LogP contribution in [0.3, 0.4) is 0 Å². The summed E-state index contributed by atoms with van der Waals surface area (Å²) < 4.78 is 10.9. The van der Waals surface area contributed by atoms with Crippen LogP contribution in [0.25, 0.3) is 22.5 Å². The van der Waals surface area contributed by atoms with Crippen molar-refractivity contribution in [2.75, 3.05) is 6.61 Å². The summed E-state index contributed by atoms with van der Waals surface area (Å²) in [6.07, 6.45) is 2.59. The quantitative estimate of drug-likeness (QED) is 0.374. The van der Waals surface area contributed by atoms with Gasteiger partial charge in [-0.05, 0) is 49.3 Å². The lowest BCUT2D eigenvalue weighted by molar-refractivity contribution is -0.146. The van der Waals surface area contributed by atoms with Gasteiger partial charge in [0, 0.05) is 24.0 Å². The largest absolute Gasteiger partial charge is 0.465 e. The molecule has 0 radical (unpaired) electrons. The predicted octanol–water partition coefficient (Wildman–Crippen LogP) is 6.07. The molecule has 0 spiro atoms. The van der Waals surface area contributed by atoms with E-state index in [9.17, 15) is 9.59 Å². The molecule has 172 valence electrons. The van der Waals surface area contributed by atoms with E-state index in [1.807, 2.05) is 64.1 Å². The van der Waals surface area contributed by atoms with Crippen LogP contribution in [0.2, 0.25) is 0 Å². The Morgan fingerprint density at radius 3 is 2.12 bits per heavy atom. The molecule has 0 bridgehead atoms. The molecule has 1 heterocycles. The lowest BCUT2D eigenvalue weighted by Gasteiger charge is -2.14. The van der Waals surface area contributed by atoms with Gasteiger partial charge >= 0.3 is 5.97 Å². The van der Waals surface area contributed by atoms with E-state index < -0.39 is 5.41 Å². The van der Waals surface area contributed by atoms with Crippen LogP contribution in [0.4, 0.5) is 0 Å². The van der Waals surface area contributed by atoms with Crippen LogP contribution in [0.1, 0.15) is 56.9 Å². The van der Waals surface area contributed by atoms with E-state index in [2.05, 4.69) is 17.3 Å². The topological polar surface area (TPSA) is 69.4 Å². The molecule has 0 unspecified atom stereocenters. The van der Waals surface area contributed by atoms with E-state index in [4.69, 9.17) is 9.26 Å². The summed E-state index contributed by atoms with van der Waals surface area (Å²) in [5.74, 6) is 1.08. The number of Topliss-reactive ketones (excluding diaryl/α,β-unsaturated/α-hetero) is 1. The second-order valence-electron chi connectivity index (χ2n) is 9.35. The fourth-order valence-corrected chi connectivity index (χ4v) is 4.35. The van der Waals surface area contributed by atoms with Crippen molar-refractivity contribution in [3.8, 4) is 22.5 Å². The van der Waals surface area contributed by atoms with Crippen molar-refractivity contribution >= 4 is 11.8 Å². The van der Waals surface area contributed by atoms with Crippen molar-refractivity contribution in [1.29, 1.82) is 0 Å². The number of ether oxygens (including phenoxy) is 1. The molecule has 0 atom stereocenters. The fraction of sp³-hybridized carbons (Fsp3) is 0.393. The Balaban J connectivity index is 1.52. The smallest absolute Gasteiger partial charge is 0.316 e. The summed E-state index contributed by atoms with van der Waals surface area (Å²) in [5, 5.41) is 4.11. The summed E-state index contributed by atoms with van der Waals surface area (Å²) in [7, 11) is 0. The third-order valence-corrected chi connectivity index (χ3v) is 6.33. The van der Waals surface area contributed by atoms with Crippen LogP contribution in [-0.2, 0) is 26.2 Å².